The fraction of sp³-hybridized carbons (Fsp3) is 0.667. The quantitative estimate of drug-likeness (QED) is 0.615. The average Bonchev–Trinajstić information content (AvgIpc) is 2.66. The van der Waals surface area contributed by atoms with E-state index < -0.39 is 0 Å². The molecule has 1 aromatic rings. The first-order valence-electron chi connectivity index (χ1n) is 11.3. The van der Waals surface area contributed by atoms with Gasteiger partial charge in [-0.2, -0.15) is 0 Å². The Morgan fingerprint density at radius 3 is 2.13 bits per heavy atom. The van der Waals surface area contributed by atoms with Gasteiger partial charge in [0.2, 0.25) is 11.8 Å². The van der Waals surface area contributed by atoms with Gasteiger partial charge < -0.3 is 10.6 Å². The molecule has 1 atom stereocenters. The Balaban J connectivity index is 1.66. The van der Waals surface area contributed by atoms with Crippen molar-refractivity contribution in [1.29, 1.82) is 0 Å². The van der Waals surface area contributed by atoms with Crippen LogP contribution in [0.1, 0.15) is 51.2 Å². The number of piperazine rings is 1. The minimum absolute atomic E-state index is 0.0186. The van der Waals surface area contributed by atoms with Gasteiger partial charge in [0.15, 0.2) is 0 Å². The lowest BCUT2D eigenvalue weighted by Gasteiger charge is -2.34. The van der Waals surface area contributed by atoms with Crippen LogP contribution in [-0.2, 0) is 9.59 Å². The average molecular weight is 417 g/mol. The highest BCUT2D eigenvalue weighted by molar-refractivity contribution is 5.93. The number of nitrogens with one attached hydrogen (secondary N) is 2. The minimum atomic E-state index is 0.0186. The number of benzene rings is 1. The van der Waals surface area contributed by atoms with Crippen LogP contribution in [0.25, 0.3) is 0 Å². The summed E-state index contributed by atoms with van der Waals surface area (Å²) in [7, 11) is 0. The van der Waals surface area contributed by atoms with Gasteiger partial charge in [0.1, 0.15) is 0 Å². The lowest BCUT2D eigenvalue weighted by atomic mass is 10.0. The number of aryl methyl sites for hydroxylation is 1. The molecule has 1 aromatic carbocycles. The standard InChI is InChI=1S/C24H40N4O2/c1-18(2)8-6-10-20(4)25-23(29)16-27-12-14-28(15-13-27)17-24(30)26-22-11-7-9-19(3)21(22)5/h7,9,11,18,20H,6,8,10,12-17H2,1-5H3,(H,25,29)(H,26,30)/t20-/m0/s1. The number of carbonyl (C=O) groups is 2. The summed E-state index contributed by atoms with van der Waals surface area (Å²) in [6.45, 7) is 14.7. The number of hydrogen-bond acceptors (Lipinski definition) is 4. The summed E-state index contributed by atoms with van der Waals surface area (Å²) in [4.78, 5) is 29.1. The molecule has 2 N–H and O–H groups in total. The van der Waals surface area contributed by atoms with Gasteiger partial charge in [0.05, 0.1) is 13.1 Å². The van der Waals surface area contributed by atoms with E-state index in [-0.39, 0.29) is 17.9 Å². The van der Waals surface area contributed by atoms with E-state index >= 15 is 0 Å². The Labute approximate surface area is 182 Å². The Hall–Kier alpha value is -1.92. The van der Waals surface area contributed by atoms with Gasteiger partial charge in [-0.05, 0) is 50.3 Å². The zero-order valence-electron chi connectivity index (χ0n) is 19.5. The highest BCUT2D eigenvalue weighted by Crippen LogP contribution is 2.18. The minimum Gasteiger partial charge on any atom is -0.353 e. The van der Waals surface area contributed by atoms with Crippen molar-refractivity contribution in [2.45, 2.75) is 59.9 Å². The predicted molar refractivity (Wildman–Crippen MR) is 124 cm³/mol. The molecule has 6 nitrogen and oxygen atoms in total. The van der Waals surface area contributed by atoms with Gasteiger partial charge in [-0.3, -0.25) is 19.4 Å². The first-order valence-corrected chi connectivity index (χ1v) is 11.3. The van der Waals surface area contributed by atoms with Crippen LogP contribution >= 0.6 is 0 Å². The lowest BCUT2D eigenvalue weighted by molar-refractivity contribution is -0.124. The molecule has 0 unspecified atom stereocenters. The number of hydrogen-bond donors (Lipinski definition) is 2. The molecule has 0 saturated carbocycles. The molecule has 1 heterocycles. The van der Waals surface area contributed by atoms with E-state index in [2.05, 4.69) is 41.2 Å². The van der Waals surface area contributed by atoms with E-state index in [1.807, 2.05) is 32.0 Å². The molecule has 0 spiro atoms. The molecular weight excluding hydrogens is 376 g/mol. The third-order valence-electron chi connectivity index (χ3n) is 5.90. The maximum Gasteiger partial charge on any atom is 0.238 e. The maximum atomic E-state index is 12.4. The molecule has 2 rings (SSSR count). The number of rotatable bonds is 10. The summed E-state index contributed by atoms with van der Waals surface area (Å²) < 4.78 is 0. The van der Waals surface area contributed by atoms with Gasteiger partial charge in [0.25, 0.3) is 0 Å². The number of carbonyl (C=O) groups excluding carboxylic acids is 2. The fourth-order valence-corrected chi connectivity index (χ4v) is 3.81. The summed E-state index contributed by atoms with van der Waals surface area (Å²) >= 11 is 0. The van der Waals surface area contributed by atoms with E-state index in [1.54, 1.807) is 0 Å². The van der Waals surface area contributed by atoms with Gasteiger partial charge >= 0.3 is 0 Å². The second-order valence-corrected chi connectivity index (χ2v) is 9.14. The van der Waals surface area contributed by atoms with Crippen molar-refractivity contribution in [3.63, 3.8) is 0 Å². The molecule has 1 fully saturated rings. The molecule has 2 amide bonds. The van der Waals surface area contributed by atoms with Crippen LogP contribution in [0.3, 0.4) is 0 Å². The molecule has 0 aromatic heterocycles. The van der Waals surface area contributed by atoms with Crippen molar-refractivity contribution in [2.75, 3.05) is 44.6 Å². The maximum absolute atomic E-state index is 12.4. The molecule has 0 aliphatic carbocycles. The second kappa shape index (κ2) is 12.1. The van der Waals surface area contributed by atoms with Crippen LogP contribution in [0, 0.1) is 19.8 Å². The predicted octanol–water partition coefficient (Wildman–Crippen LogP) is 3.19. The van der Waals surface area contributed by atoms with Gasteiger partial charge in [-0.1, -0.05) is 38.8 Å². The first-order chi connectivity index (χ1) is 14.2. The second-order valence-electron chi connectivity index (χ2n) is 9.14. The molecule has 6 heteroatoms. The Morgan fingerprint density at radius 2 is 1.53 bits per heavy atom. The van der Waals surface area contributed by atoms with Crippen LogP contribution in [0.5, 0.6) is 0 Å². The molecule has 0 radical (unpaired) electrons. The number of anilines is 1. The first kappa shape index (κ1) is 24.4. The third-order valence-corrected chi connectivity index (χ3v) is 5.90. The van der Waals surface area contributed by atoms with E-state index in [0.29, 0.717) is 19.0 Å². The summed E-state index contributed by atoms with van der Waals surface area (Å²) in [5, 5.41) is 6.15. The summed E-state index contributed by atoms with van der Waals surface area (Å²) in [5.74, 6) is 0.838. The zero-order valence-corrected chi connectivity index (χ0v) is 19.5. The Bertz CT molecular complexity index is 696. The summed E-state index contributed by atoms with van der Waals surface area (Å²) in [6.07, 6.45) is 3.40. The van der Waals surface area contributed by atoms with Gasteiger partial charge in [0, 0.05) is 37.9 Å². The van der Waals surface area contributed by atoms with Gasteiger partial charge in [-0.15, -0.1) is 0 Å². The van der Waals surface area contributed by atoms with E-state index in [9.17, 15) is 9.59 Å². The Morgan fingerprint density at radius 1 is 0.933 bits per heavy atom. The van der Waals surface area contributed by atoms with Crippen LogP contribution < -0.4 is 10.6 Å². The number of nitrogens with zero attached hydrogens (tertiary/aromatic N) is 2. The molecule has 1 aliphatic rings. The van der Waals surface area contributed by atoms with Crippen molar-refractivity contribution in [1.82, 2.24) is 15.1 Å². The number of amides is 2. The van der Waals surface area contributed by atoms with E-state index in [0.717, 1.165) is 50.3 Å². The SMILES string of the molecule is Cc1cccc(NC(=O)CN2CCN(CC(=O)N[C@@H](C)CCCC(C)C)CC2)c1C. The molecule has 1 aliphatic heterocycles. The van der Waals surface area contributed by atoms with E-state index in [1.165, 1.54) is 12.0 Å². The monoisotopic (exact) mass is 416 g/mol. The lowest BCUT2D eigenvalue weighted by Crippen LogP contribution is -2.51. The van der Waals surface area contributed by atoms with Crippen LogP contribution in [0.15, 0.2) is 18.2 Å². The van der Waals surface area contributed by atoms with Crippen LogP contribution in [0.4, 0.5) is 5.69 Å². The Kier molecular flexibility index (Phi) is 9.79. The third kappa shape index (κ3) is 8.44. The van der Waals surface area contributed by atoms with Gasteiger partial charge in [-0.25, -0.2) is 0 Å². The summed E-state index contributed by atoms with van der Waals surface area (Å²) in [6, 6.07) is 6.19. The van der Waals surface area contributed by atoms with Crippen molar-refractivity contribution in [3.8, 4) is 0 Å². The van der Waals surface area contributed by atoms with Crippen LogP contribution in [-0.4, -0.2) is 66.9 Å². The molecule has 0 bridgehead atoms. The van der Waals surface area contributed by atoms with E-state index in [4.69, 9.17) is 0 Å². The van der Waals surface area contributed by atoms with Crippen LogP contribution in [0.2, 0.25) is 0 Å². The topological polar surface area (TPSA) is 64.7 Å². The normalized spacial score (nSPS) is 16.5. The van der Waals surface area contributed by atoms with Crippen molar-refractivity contribution >= 4 is 17.5 Å². The van der Waals surface area contributed by atoms with Crippen molar-refractivity contribution in [3.05, 3.63) is 29.3 Å². The van der Waals surface area contributed by atoms with Crippen molar-refractivity contribution < 1.29 is 9.59 Å². The molecule has 1 saturated heterocycles. The smallest absolute Gasteiger partial charge is 0.238 e. The molecule has 168 valence electrons. The van der Waals surface area contributed by atoms with Crippen molar-refractivity contribution in [2.24, 2.45) is 5.92 Å². The summed E-state index contributed by atoms with van der Waals surface area (Å²) in [5.41, 5.74) is 3.17. The fourth-order valence-electron chi connectivity index (χ4n) is 3.81. The highest BCUT2D eigenvalue weighted by Gasteiger charge is 2.21. The zero-order chi connectivity index (χ0) is 22.1. The highest BCUT2D eigenvalue weighted by atomic mass is 16.2. The molecular formula is C24H40N4O2. The molecule has 30 heavy (non-hydrogen) atoms. The largest absolute Gasteiger partial charge is 0.353 e.